The van der Waals surface area contributed by atoms with Gasteiger partial charge < -0.3 is 4.98 Å². The van der Waals surface area contributed by atoms with E-state index >= 15 is 0 Å². The molecule has 3 aromatic rings. The number of hydrogen-bond donors (Lipinski definition) is 1. The Morgan fingerprint density at radius 2 is 1.65 bits per heavy atom. The van der Waals surface area contributed by atoms with E-state index in [9.17, 15) is 4.79 Å². The van der Waals surface area contributed by atoms with Gasteiger partial charge in [-0.2, -0.15) is 0 Å². The van der Waals surface area contributed by atoms with E-state index in [0.29, 0.717) is 5.69 Å². The van der Waals surface area contributed by atoms with Gasteiger partial charge in [0.25, 0.3) is 0 Å². The zero-order chi connectivity index (χ0) is 14.1. The van der Waals surface area contributed by atoms with Crippen LogP contribution in [-0.4, -0.2) is 10.8 Å². The number of benzene rings is 2. The molecule has 0 atom stereocenters. The van der Waals surface area contributed by atoms with Crippen molar-refractivity contribution in [3.63, 3.8) is 0 Å². The Morgan fingerprint density at radius 1 is 1.00 bits per heavy atom. The number of fused-ring (bicyclic) bond motifs is 1. The number of rotatable bonds is 3. The van der Waals surface area contributed by atoms with Crippen molar-refractivity contribution in [3.8, 4) is 0 Å². The molecule has 0 aliphatic carbocycles. The first-order valence-corrected chi connectivity index (χ1v) is 7.33. The number of hydrogen-bond acceptors (Lipinski definition) is 2. The molecule has 1 N–H and O–H groups in total. The summed E-state index contributed by atoms with van der Waals surface area (Å²) in [6.45, 7) is 3.67. The molecule has 0 spiro atoms. The third kappa shape index (κ3) is 2.37. The number of carbonyl (C=O) groups is 1. The Labute approximate surface area is 122 Å². The van der Waals surface area contributed by atoms with Crippen LogP contribution >= 0.6 is 11.8 Å². The molecule has 1 aromatic heterocycles. The van der Waals surface area contributed by atoms with Crippen LogP contribution in [0.5, 0.6) is 0 Å². The molecule has 0 aliphatic heterocycles. The minimum Gasteiger partial charge on any atom is -0.346 e. The second-order valence-electron chi connectivity index (χ2n) is 4.85. The van der Waals surface area contributed by atoms with Crippen LogP contribution < -0.4 is 0 Å². The van der Waals surface area contributed by atoms with Gasteiger partial charge in [0.05, 0.1) is 10.7 Å². The third-order valence-electron chi connectivity index (χ3n) is 3.27. The van der Waals surface area contributed by atoms with Crippen LogP contribution in [0.3, 0.4) is 0 Å². The van der Waals surface area contributed by atoms with Gasteiger partial charge in [0, 0.05) is 22.6 Å². The van der Waals surface area contributed by atoms with E-state index < -0.39 is 0 Å². The first-order valence-electron chi connectivity index (χ1n) is 6.51. The van der Waals surface area contributed by atoms with Gasteiger partial charge in [0.15, 0.2) is 5.78 Å². The van der Waals surface area contributed by atoms with Crippen LogP contribution in [-0.2, 0) is 0 Å². The number of aryl methyl sites for hydroxylation is 1. The highest BCUT2D eigenvalue weighted by molar-refractivity contribution is 7.99. The van der Waals surface area contributed by atoms with Gasteiger partial charge in [-0.15, -0.1) is 0 Å². The first kappa shape index (κ1) is 13.0. The van der Waals surface area contributed by atoms with Gasteiger partial charge in [-0.3, -0.25) is 4.79 Å². The van der Waals surface area contributed by atoms with Crippen molar-refractivity contribution in [2.24, 2.45) is 0 Å². The van der Waals surface area contributed by atoms with Crippen LogP contribution in [0.2, 0.25) is 0 Å². The number of Topliss-reactive ketones (excluding diaryl/α,β-unsaturated/α-hetero) is 1. The maximum atomic E-state index is 11.7. The molecule has 3 rings (SSSR count). The normalized spacial score (nSPS) is 10.9. The van der Waals surface area contributed by atoms with Crippen molar-refractivity contribution >= 4 is 28.3 Å². The number of H-pyrrole nitrogens is 1. The summed E-state index contributed by atoms with van der Waals surface area (Å²) in [6, 6.07) is 16.4. The van der Waals surface area contributed by atoms with E-state index in [0.717, 1.165) is 20.7 Å². The number of ketones is 1. The monoisotopic (exact) mass is 281 g/mol. The van der Waals surface area contributed by atoms with E-state index in [1.54, 1.807) is 18.7 Å². The van der Waals surface area contributed by atoms with Crippen molar-refractivity contribution in [2.45, 2.75) is 23.8 Å². The Morgan fingerprint density at radius 3 is 2.30 bits per heavy atom. The fraction of sp³-hybridized carbons (Fsp3) is 0.118. The first-order chi connectivity index (χ1) is 9.65. The summed E-state index contributed by atoms with van der Waals surface area (Å²) >= 11 is 1.66. The number of carbonyl (C=O) groups excluding carboxylic acids is 1. The molecule has 0 unspecified atom stereocenters. The SMILES string of the molecule is CC(=O)c1[nH]c(Sc2ccc(C)cc2)c2ccccc12. The van der Waals surface area contributed by atoms with Crippen molar-refractivity contribution in [3.05, 3.63) is 59.8 Å². The van der Waals surface area contributed by atoms with Gasteiger partial charge in [-0.25, -0.2) is 0 Å². The lowest BCUT2D eigenvalue weighted by Crippen LogP contribution is -1.92. The van der Waals surface area contributed by atoms with Gasteiger partial charge in [0.2, 0.25) is 0 Å². The molecular weight excluding hydrogens is 266 g/mol. The highest BCUT2D eigenvalue weighted by Gasteiger charge is 2.13. The van der Waals surface area contributed by atoms with Gasteiger partial charge >= 0.3 is 0 Å². The van der Waals surface area contributed by atoms with E-state index in [4.69, 9.17) is 0 Å². The molecular formula is C17H15NOS. The molecule has 0 saturated carbocycles. The van der Waals surface area contributed by atoms with Crippen molar-refractivity contribution < 1.29 is 4.79 Å². The van der Waals surface area contributed by atoms with Crippen molar-refractivity contribution in [1.82, 2.24) is 4.98 Å². The number of aromatic amines is 1. The molecule has 2 aromatic carbocycles. The zero-order valence-corrected chi connectivity index (χ0v) is 12.3. The summed E-state index contributed by atoms with van der Waals surface area (Å²) in [6.07, 6.45) is 0. The van der Waals surface area contributed by atoms with Gasteiger partial charge in [-0.05, 0) is 19.1 Å². The molecule has 2 nitrogen and oxygen atoms in total. The Hall–Kier alpha value is -2.00. The van der Waals surface area contributed by atoms with Crippen LogP contribution in [0, 0.1) is 6.92 Å². The smallest absolute Gasteiger partial charge is 0.176 e. The molecule has 20 heavy (non-hydrogen) atoms. The summed E-state index contributed by atoms with van der Waals surface area (Å²) in [5.41, 5.74) is 1.94. The van der Waals surface area contributed by atoms with Crippen molar-refractivity contribution in [1.29, 1.82) is 0 Å². The maximum Gasteiger partial charge on any atom is 0.176 e. The standard InChI is InChI=1S/C17H15NOS/c1-11-7-9-13(10-8-11)20-17-15-6-4-3-5-14(15)16(18-17)12(2)19/h3-10,18H,1-2H3. The second-order valence-corrected chi connectivity index (χ2v) is 5.93. The van der Waals surface area contributed by atoms with E-state index in [2.05, 4.69) is 42.2 Å². The molecule has 0 aliphatic rings. The fourth-order valence-corrected chi connectivity index (χ4v) is 3.18. The van der Waals surface area contributed by atoms with Crippen molar-refractivity contribution in [2.75, 3.05) is 0 Å². The zero-order valence-electron chi connectivity index (χ0n) is 11.4. The minimum absolute atomic E-state index is 0.0666. The minimum atomic E-state index is 0.0666. The van der Waals surface area contributed by atoms with E-state index in [1.807, 2.05) is 18.2 Å². The Balaban J connectivity index is 2.07. The predicted molar refractivity (Wildman–Crippen MR) is 83.6 cm³/mol. The molecule has 0 radical (unpaired) electrons. The topological polar surface area (TPSA) is 32.9 Å². The Bertz CT molecular complexity index is 771. The average molecular weight is 281 g/mol. The van der Waals surface area contributed by atoms with E-state index in [1.165, 1.54) is 5.56 Å². The predicted octanol–water partition coefficient (Wildman–Crippen LogP) is 4.83. The third-order valence-corrected chi connectivity index (χ3v) is 4.31. The fourth-order valence-electron chi connectivity index (χ4n) is 2.23. The molecule has 0 bridgehead atoms. The lowest BCUT2D eigenvalue weighted by atomic mass is 10.1. The summed E-state index contributed by atoms with van der Waals surface area (Å²) in [5, 5.41) is 3.12. The maximum absolute atomic E-state index is 11.7. The van der Waals surface area contributed by atoms with Crippen LogP contribution in [0.4, 0.5) is 0 Å². The number of nitrogens with one attached hydrogen (secondary N) is 1. The largest absolute Gasteiger partial charge is 0.346 e. The highest BCUT2D eigenvalue weighted by Crippen LogP contribution is 2.34. The Kier molecular flexibility index (Phi) is 3.36. The quantitative estimate of drug-likeness (QED) is 0.697. The molecule has 3 heteroatoms. The lowest BCUT2D eigenvalue weighted by molar-refractivity contribution is 0.101. The summed E-state index contributed by atoms with van der Waals surface area (Å²) in [4.78, 5) is 16.2. The molecule has 0 saturated heterocycles. The lowest BCUT2D eigenvalue weighted by Gasteiger charge is -2.00. The second kappa shape index (κ2) is 5.17. The van der Waals surface area contributed by atoms with Gasteiger partial charge in [-0.1, -0.05) is 53.7 Å². The molecule has 100 valence electrons. The van der Waals surface area contributed by atoms with Crippen LogP contribution in [0.25, 0.3) is 10.8 Å². The summed E-state index contributed by atoms with van der Waals surface area (Å²) in [7, 11) is 0. The highest BCUT2D eigenvalue weighted by atomic mass is 32.2. The number of aromatic nitrogens is 1. The van der Waals surface area contributed by atoms with Gasteiger partial charge in [0.1, 0.15) is 0 Å². The summed E-state index contributed by atoms with van der Waals surface area (Å²) in [5.74, 6) is 0.0666. The summed E-state index contributed by atoms with van der Waals surface area (Å²) < 4.78 is 0. The van der Waals surface area contributed by atoms with Crippen LogP contribution in [0.15, 0.2) is 58.5 Å². The average Bonchev–Trinajstić information content (AvgIpc) is 2.81. The molecule has 0 amide bonds. The molecule has 0 fully saturated rings. The molecule has 1 heterocycles. The van der Waals surface area contributed by atoms with E-state index in [-0.39, 0.29) is 5.78 Å². The van der Waals surface area contributed by atoms with Crippen LogP contribution in [0.1, 0.15) is 23.0 Å².